The Morgan fingerprint density at radius 3 is 2.14 bits per heavy atom. The first-order chi connectivity index (χ1) is 13.7. The summed E-state index contributed by atoms with van der Waals surface area (Å²) in [5.41, 5.74) is 1.20. The number of benzene rings is 3. The normalized spacial score (nSPS) is 13.5. The molecule has 0 spiro atoms. The molecule has 0 aromatic heterocycles. The van der Waals surface area contributed by atoms with Gasteiger partial charge in [0, 0.05) is 6.42 Å². The van der Waals surface area contributed by atoms with E-state index < -0.39 is 15.6 Å². The van der Waals surface area contributed by atoms with Crippen molar-refractivity contribution >= 4 is 15.7 Å². The molecule has 1 atom stereocenters. The van der Waals surface area contributed by atoms with E-state index >= 15 is 0 Å². The molecule has 2 N–H and O–H groups in total. The molecule has 0 aliphatic heterocycles. The Bertz CT molecular complexity index is 1050. The maximum atomic E-state index is 11.8. The second kappa shape index (κ2) is 8.68. The number of rotatable bonds is 8. The molecule has 0 bridgehead atoms. The lowest BCUT2D eigenvalue weighted by Gasteiger charge is -2.25. The third-order valence-corrected chi connectivity index (χ3v) is 4.98. The molecule has 3 aromatic carbocycles. The van der Waals surface area contributed by atoms with Gasteiger partial charge < -0.3 is 9.84 Å². The Morgan fingerprint density at radius 2 is 1.55 bits per heavy atom. The lowest BCUT2D eigenvalue weighted by atomic mass is 9.89. The maximum absolute atomic E-state index is 11.8. The maximum Gasteiger partial charge on any atom is 0.229 e. The van der Waals surface area contributed by atoms with Crippen molar-refractivity contribution in [3.63, 3.8) is 0 Å². The Labute approximate surface area is 172 Å². The van der Waals surface area contributed by atoms with Crippen LogP contribution in [0.3, 0.4) is 0 Å². The van der Waals surface area contributed by atoms with Gasteiger partial charge in [-0.15, -0.1) is 0 Å². The van der Waals surface area contributed by atoms with Crippen molar-refractivity contribution in [1.82, 2.24) is 0 Å². The van der Waals surface area contributed by atoms with Crippen LogP contribution in [0.1, 0.15) is 16.7 Å². The molecule has 3 rings (SSSR count). The fraction of sp³-hybridized carbons (Fsp3) is 0.174. The smallest absolute Gasteiger partial charge is 0.229 e. The van der Waals surface area contributed by atoms with Crippen LogP contribution in [0, 0.1) is 6.92 Å². The number of nitrogens with one attached hydrogen (secondary N) is 1. The van der Waals surface area contributed by atoms with Gasteiger partial charge in [0.1, 0.15) is 12.4 Å². The highest BCUT2D eigenvalue weighted by molar-refractivity contribution is 7.92. The summed E-state index contributed by atoms with van der Waals surface area (Å²) in [5, 5.41) is 10.9. The summed E-state index contributed by atoms with van der Waals surface area (Å²) in [6, 6.07) is 24.0. The number of ether oxygens (including phenoxy) is 1. The zero-order valence-corrected chi connectivity index (χ0v) is 17.0. The van der Waals surface area contributed by atoms with E-state index in [1.54, 1.807) is 18.2 Å². The second-order valence-corrected chi connectivity index (χ2v) is 8.80. The van der Waals surface area contributed by atoms with Gasteiger partial charge in [0.05, 0.1) is 17.5 Å². The fourth-order valence-corrected chi connectivity index (χ4v) is 3.55. The molecule has 151 valence electrons. The van der Waals surface area contributed by atoms with Gasteiger partial charge in [-0.25, -0.2) is 8.42 Å². The van der Waals surface area contributed by atoms with Gasteiger partial charge in [-0.1, -0.05) is 66.7 Å². The van der Waals surface area contributed by atoms with Crippen molar-refractivity contribution < 1.29 is 18.3 Å². The zero-order valence-electron chi connectivity index (χ0n) is 16.2. The molecule has 3 aromatic rings. The van der Waals surface area contributed by atoms with Gasteiger partial charge in [0.25, 0.3) is 0 Å². The average Bonchev–Trinajstić information content (AvgIpc) is 2.67. The molecule has 0 fully saturated rings. The van der Waals surface area contributed by atoms with Gasteiger partial charge >= 0.3 is 0 Å². The van der Waals surface area contributed by atoms with Crippen molar-refractivity contribution in [3.05, 3.63) is 102 Å². The van der Waals surface area contributed by atoms with Crippen molar-refractivity contribution in [3.8, 4) is 5.75 Å². The Kier molecular flexibility index (Phi) is 6.25. The first-order valence-corrected chi connectivity index (χ1v) is 11.0. The molecular weight excluding hydrogens is 386 g/mol. The summed E-state index contributed by atoms with van der Waals surface area (Å²) >= 11 is 0. The van der Waals surface area contributed by atoms with Gasteiger partial charge in [-0.05, 0) is 35.7 Å². The molecule has 5 nitrogen and oxygen atoms in total. The van der Waals surface area contributed by atoms with Crippen LogP contribution in [0.5, 0.6) is 5.75 Å². The summed E-state index contributed by atoms with van der Waals surface area (Å²) < 4.78 is 32.0. The third-order valence-electron chi connectivity index (χ3n) is 4.39. The fourth-order valence-electron chi connectivity index (χ4n) is 3.00. The van der Waals surface area contributed by atoms with Crippen LogP contribution in [0.25, 0.3) is 0 Å². The number of hydrogen-bond donors (Lipinski definition) is 2. The zero-order chi connectivity index (χ0) is 20.9. The van der Waals surface area contributed by atoms with Crippen LogP contribution in [0.4, 0.5) is 5.69 Å². The lowest BCUT2D eigenvalue weighted by Crippen LogP contribution is -2.25. The Hall–Kier alpha value is -2.83. The number of hydrogen-bond acceptors (Lipinski definition) is 4. The lowest BCUT2D eigenvalue weighted by molar-refractivity contribution is 0.0867. The highest BCUT2D eigenvalue weighted by Crippen LogP contribution is 2.33. The molecule has 1 radical (unpaired) electrons. The van der Waals surface area contributed by atoms with Crippen LogP contribution < -0.4 is 9.46 Å². The number of sulfonamides is 1. The van der Waals surface area contributed by atoms with Gasteiger partial charge in [-0.3, -0.25) is 4.72 Å². The molecule has 0 heterocycles. The summed E-state index contributed by atoms with van der Waals surface area (Å²) in [5.74, 6) is 0.374. The summed E-state index contributed by atoms with van der Waals surface area (Å²) in [6.07, 6.45) is 1.36. The average molecular weight is 411 g/mol. The van der Waals surface area contributed by atoms with Gasteiger partial charge in [0.2, 0.25) is 10.0 Å². The van der Waals surface area contributed by atoms with Gasteiger partial charge in [-0.2, -0.15) is 0 Å². The van der Waals surface area contributed by atoms with Crippen LogP contribution in [-0.4, -0.2) is 19.8 Å². The number of anilines is 1. The molecule has 0 aliphatic carbocycles. The van der Waals surface area contributed by atoms with E-state index in [4.69, 9.17) is 4.74 Å². The summed E-state index contributed by atoms with van der Waals surface area (Å²) in [4.78, 5) is 0. The number of aliphatic hydroxyl groups is 1. The predicted octanol–water partition coefficient (Wildman–Crippen LogP) is 3.90. The highest BCUT2D eigenvalue weighted by Gasteiger charge is 2.25. The van der Waals surface area contributed by atoms with E-state index in [1.807, 2.05) is 60.7 Å². The van der Waals surface area contributed by atoms with E-state index in [0.717, 1.165) is 17.4 Å². The largest absolute Gasteiger partial charge is 0.487 e. The summed E-state index contributed by atoms with van der Waals surface area (Å²) in [6.45, 7) is 4.22. The first-order valence-electron chi connectivity index (χ1n) is 9.14. The van der Waals surface area contributed by atoms with E-state index in [1.165, 1.54) is 0 Å². The van der Waals surface area contributed by atoms with Crippen molar-refractivity contribution in [1.29, 1.82) is 0 Å². The quantitative estimate of drug-likeness (QED) is 0.591. The SMILES string of the molecule is [CH2][C@@](O)(Cc1ccccc1)c1ccc(OCc2ccccc2)c(NS(C)(=O)=O)c1. The topological polar surface area (TPSA) is 75.6 Å². The van der Waals surface area contributed by atoms with Gasteiger partial charge in [0.15, 0.2) is 0 Å². The van der Waals surface area contributed by atoms with E-state index in [9.17, 15) is 13.5 Å². The first kappa shape index (κ1) is 20.9. The minimum Gasteiger partial charge on any atom is -0.487 e. The highest BCUT2D eigenvalue weighted by atomic mass is 32.2. The Morgan fingerprint density at radius 1 is 0.966 bits per heavy atom. The molecule has 6 heteroatoms. The minimum atomic E-state index is -3.54. The van der Waals surface area contributed by atoms with E-state index in [2.05, 4.69) is 11.6 Å². The molecular formula is C23H24NO4S. The molecule has 29 heavy (non-hydrogen) atoms. The molecule has 0 unspecified atom stereocenters. The van der Waals surface area contributed by atoms with Crippen molar-refractivity contribution in [2.24, 2.45) is 0 Å². The Balaban J connectivity index is 1.88. The van der Waals surface area contributed by atoms with Crippen molar-refractivity contribution in [2.75, 3.05) is 11.0 Å². The van der Waals surface area contributed by atoms with Crippen LogP contribution >= 0.6 is 0 Å². The predicted molar refractivity (Wildman–Crippen MR) is 115 cm³/mol. The molecule has 0 saturated heterocycles. The van der Waals surface area contributed by atoms with E-state index in [0.29, 0.717) is 11.3 Å². The second-order valence-electron chi connectivity index (χ2n) is 7.05. The molecule has 0 saturated carbocycles. The monoisotopic (exact) mass is 410 g/mol. The standard InChI is InChI=1S/C23H24NO4S/c1-23(25,16-18-9-5-3-6-10-18)20-13-14-22(21(15-20)24-29(2,26)27)28-17-19-11-7-4-8-12-19/h3-15,24-25H,1,16-17H2,2H3/t23-/m1/s1. The third kappa shape index (κ3) is 6.07. The molecule has 0 aliphatic rings. The van der Waals surface area contributed by atoms with E-state index in [-0.39, 0.29) is 18.7 Å². The van der Waals surface area contributed by atoms with Crippen molar-refractivity contribution in [2.45, 2.75) is 18.6 Å². The van der Waals surface area contributed by atoms with Crippen LogP contribution in [0.15, 0.2) is 78.9 Å². The van der Waals surface area contributed by atoms with Crippen LogP contribution in [-0.2, 0) is 28.7 Å². The van der Waals surface area contributed by atoms with Crippen LogP contribution in [0.2, 0.25) is 0 Å². The summed E-state index contributed by atoms with van der Waals surface area (Å²) in [7, 11) is -3.54. The molecule has 0 amide bonds. The minimum absolute atomic E-state index is 0.260.